The quantitative estimate of drug-likeness (QED) is 0.758. The molecule has 100 valence electrons. The Morgan fingerprint density at radius 1 is 1.33 bits per heavy atom. The molecular weight excluding hydrogens is 224 g/mol. The molecular formula is C15H24N2O. The summed E-state index contributed by atoms with van der Waals surface area (Å²) in [6, 6.07) is 9.20. The maximum atomic E-state index is 8.87. The Labute approximate surface area is 110 Å². The van der Waals surface area contributed by atoms with Crippen molar-refractivity contribution in [2.24, 2.45) is 0 Å². The second-order valence-corrected chi connectivity index (χ2v) is 4.88. The third-order valence-corrected chi connectivity index (χ3v) is 3.63. The first kappa shape index (κ1) is 13.4. The number of hydrogen-bond acceptors (Lipinski definition) is 3. The molecule has 1 aliphatic rings. The maximum Gasteiger partial charge on any atom is 0.0431 e. The van der Waals surface area contributed by atoms with Gasteiger partial charge in [0.25, 0.3) is 0 Å². The van der Waals surface area contributed by atoms with Gasteiger partial charge in [0.15, 0.2) is 0 Å². The number of nitrogens with zero attached hydrogens (tertiary/aromatic N) is 1. The molecule has 3 heteroatoms. The maximum absolute atomic E-state index is 8.87. The van der Waals surface area contributed by atoms with E-state index in [1.54, 1.807) is 0 Å². The van der Waals surface area contributed by atoms with Crippen LogP contribution in [0.5, 0.6) is 0 Å². The van der Waals surface area contributed by atoms with E-state index in [4.69, 9.17) is 5.11 Å². The molecule has 1 heterocycles. The Morgan fingerprint density at radius 3 is 2.94 bits per heavy atom. The monoisotopic (exact) mass is 248 g/mol. The third-order valence-electron chi connectivity index (χ3n) is 3.63. The number of fused-ring (bicyclic) bond motifs is 1. The summed E-state index contributed by atoms with van der Waals surface area (Å²) in [5.41, 5.74) is 2.79. The predicted octanol–water partition coefficient (Wildman–Crippen LogP) is 2.32. The van der Waals surface area contributed by atoms with Crippen LogP contribution in [0, 0.1) is 0 Å². The van der Waals surface area contributed by atoms with Gasteiger partial charge >= 0.3 is 0 Å². The Hall–Kier alpha value is -1.06. The normalized spacial score (nSPS) is 18.8. The topological polar surface area (TPSA) is 35.5 Å². The van der Waals surface area contributed by atoms with Gasteiger partial charge in [0.2, 0.25) is 0 Å². The van der Waals surface area contributed by atoms with Crippen molar-refractivity contribution in [1.82, 2.24) is 5.32 Å². The molecule has 1 aromatic rings. The Morgan fingerprint density at radius 2 is 2.17 bits per heavy atom. The van der Waals surface area contributed by atoms with Crippen LogP contribution in [0.3, 0.4) is 0 Å². The van der Waals surface area contributed by atoms with E-state index in [1.807, 2.05) is 0 Å². The first-order valence-electron chi connectivity index (χ1n) is 7.05. The Balaban J connectivity index is 2.09. The number of rotatable bonds is 6. The molecule has 0 aliphatic carbocycles. The molecule has 0 radical (unpaired) electrons. The van der Waals surface area contributed by atoms with E-state index in [-0.39, 0.29) is 0 Å². The van der Waals surface area contributed by atoms with Crippen molar-refractivity contribution >= 4 is 5.69 Å². The molecule has 1 aromatic carbocycles. The van der Waals surface area contributed by atoms with E-state index in [0.717, 1.165) is 32.5 Å². The summed E-state index contributed by atoms with van der Waals surface area (Å²) in [6.45, 7) is 5.64. The molecule has 2 rings (SSSR count). The summed E-state index contributed by atoms with van der Waals surface area (Å²) in [4.78, 5) is 2.46. The van der Waals surface area contributed by atoms with Crippen LogP contribution in [0.25, 0.3) is 0 Å². The molecule has 0 fully saturated rings. The zero-order valence-corrected chi connectivity index (χ0v) is 11.2. The van der Waals surface area contributed by atoms with E-state index in [0.29, 0.717) is 12.6 Å². The fraction of sp³-hybridized carbons (Fsp3) is 0.600. The van der Waals surface area contributed by atoms with Crippen LogP contribution in [0.1, 0.15) is 37.8 Å². The van der Waals surface area contributed by atoms with Gasteiger partial charge in [0.05, 0.1) is 0 Å². The summed E-state index contributed by atoms with van der Waals surface area (Å²) in [5, 5.41) is 12.4. The molecule has 2 N–H and O–H groups in total. The second-order valence-electron chi connectivity index (χ2n) is 4.88. The average Bonchev–Trinajstić information content (AvgIpc) is 2.41. The minimum absolute atomic E-state index is 0.301. The first-order valence-corrected chi connectivity index (χ1v) is 7.05. The smallest absolute Gasteiger partial charge is 0.0431 e. The van der Waals surface area contributed by atoms with Crippen LogP contribution in [0.4, 0.5) is 5.69 Å². The van der Waals surface area contributed by atoms with Crippen LogP contribution in [0.2, 0.25) is 0 Å². The summed E-state index contributed by atoms with van der Waals surface area (Å²) in [6.07, 6.45) is 3.13. The van der Waals surface area contributed by atoms with Gasteiger partial charge in [-0.25, -0.2) is 0 Å². The van der Waals surface area contributed by atoms with Gasteiger partial charge in [0.1, 0.15) is 0 Å². The summed E-state index contributed by atoms with van der Waals surface area (Å²) >= 11 is 0. The molecule has 1 aliphatic heterocycles. The molecule has 0 bridgehead atoms. The number of hydrogen-bond donors (Lipinski definition) is 2. The first-order chi connectivity index (χ1) is 8.86. The van der Waals surface area contributed by atoms with Crippen molar-refractivity contribution in [3.8, 4) is 0 Å². The van der Waals surface area contributed by atoms with Crippen molar-refractivity contribution in [2.45, 2.75) is 32.2 Å². The molecule has 0 amide bonds. The van der Waals surface area contributed by atoms with E-state index in [9.17, 15) is 0 Å². The molecule has 0 aromatic heterocycles. The van der Waals surface area contributed by atoms with E-state index >= 15 is 0 Å². The molecule has 1 atom stereocenters. The zero-order valence-electron chi connectivity index (χ0n) is 11.2. The number of nitrogens with one attached hydrogen (secondary N) is 1. The third kappa shape index (κ3) is 3.03. The van der Waals surface area contributed by atoms with Crippen LogP contribution < -0.4 is 10.2 Å². The number of para-hydroxylation sites is 1. The van der Waals surface area contributed by atoms with Crippen molar-refractivity contribution in [2.75, 3.05) is 31.1 Å². The van der Waals surface area contributed by atoms with Crippen LogP contribution >= 0.6 is 0 Å². The van der Waals surface area contributed by atoms with E-state index in [2.05, 4.69) is 41.4 Å². The average molecular weight is 248 g/mol. The number of unbranched alkanes of at least 4 members (excludes halogenated alkanes) is 1. The van der Waals surface area contributed by atoms with E-state index in [1.165, 1.54) is 17.7 Å². The molecule has 1 unspecified atom stereocenters. The second kappa shape index (κ2) is 6.76. The summed E-state index contributed by atoms with van der Waals surface area (Å²) in [7, 11) is 0. The lowest BCUT2D eigenvalue weighted by atomic mass is 9.96. The van der Waals surface area contributed by atoms with Crippen molar-refractivity contribution < 1.29 is 5.11 Å². The Kier molecular flexibility index (Phi) is 5.02. The highest BCUT2D eigenvalue weighted by molar-refractivity contribution is 5.56. The van der Waals surface area contributed by atoms with E-state index < -0.39 is 0 Å². The molecule has 18 heavy (non-hydrogen) atoms. The lowest BCUT2D eigenvalue weighted by Crippen LogP contribution is -2.36. The predicted molar refractivity (Wildman–Crippen MR) is 76.0 cm³/mol. The lowest BCUT2D eigenvalue weighted by molar-refractivity contribution is 0.284. The number of aliphatic hydroxyl groups is 1. The van der Waals surface area contributed by atoms with Gasteiger partial charge in [-0.1, -0.05) is 25.1 Å². The number of aliphatic hydroxyl groups excluding tert-OH is 1. The SMILES string of the molecule is CCNC1CCN(CCCCO)c2ccccc21. The highest BCUT2D eigenvalue weighted by Gasteiger charge is 2.23. The minimum atomic E-state index is 0.301. The lowest BCUT2D eigenvalue weighted by Gasteiger charge is -2.36. The van der Waals surface area contributed by atoms with Crippen molar-refractivity contribution in [1.29, 1.82) is 0 Å². The molecule has 3 nitrogen and oxygen atoms in total. The zero-order chi connectivity index (χ0) is 12.8. The summed E-state index contributed by atoms with van der Waals surface area (Å²) < 4.78 is 0. The Bertz CT molecular complexity index is 367. The van der Waals surface area contributed by atoms with Crippen molar-refractivity contribution in [3.63, 3.8) is 0 Å². The minimum Gasteiger partial charge on any atom is -0.396 e. The van der Waals surface area contributed by atoms with Gasteiger partial charge in [-0.05, 0) is 37.4 Å². The van der Waals surface area contributed by atoms with Gasteiger partial charge in [0, 0.05) is 31.4 Å². The number of anilines is 1. The van der Waals surface area contributed by atoms with Gasteiger partial charge in [-0.15, -0.1) is 0 Å². The fourth-order valence-corrected chi connectivity index (χ4v) is 2.74. The molecule has 0 saturated heterocycles. The van der Waals surface area contributed by atoms with Crippen LogP contribution in [0.15, 0.2) is 24.3 Å². The highest BCUT2D eigenvalue weighted by atomic mass is 16.2. The van der Waals surface area contributed by atoms with Gasteiger partial charge in [-0.2, -0.15) is 0 Å². The van der Waals surface area contributed by atoms with Gasteiger partial charge in [-0.3, -0.25) is 0 Å². The van der Waals surface area contributed by atoms with Crippen molar-refractivity contribution in [3.05, 3.63) is 29.8 Å². The summed E-state index contributed by atoms with van der Waals surface area (Å²) in [5.74, 6) is 0. The fourth-order valence-electron chi connectivity index (χ4n) is 2.74. The van der Waals surface area contributed by atoms with Crippen LogP contribution in [-0.4, -0.2) is 31.3 Å². The molecule has 0 saturated carbocycles. The number of benzene rings is 1. The van der Waals surface area contributed by atoms with Crippen LogP contribution in [-0.2, 0) is 0 Å². The highest BCUT2D eigenvalue weighted by Crippen LogP contribution is 2.33. The molecule has 0 spiro atoms. The standard InChI is InChI=1S/C15H24N2O/c1-2-16-14-9-11-17(10-5-6-12-18)15-8-4-3-7-13(14)15/h3-4,7-8,14,16,18H,2,5-6,9-12H2,1H3. The largest absolute Gasteiger partial charge is 0.396 e. The van der Waals surface area contributed by atoms with Gasteiger partial charge < -0.3 is 15.3 Å².